The third kappa shape index (κ3) is 3.41. The molecule has 0 saturated heterocycles. The number of benzene rings is 3. The van der Waals surface area contributed by atoms with E-state index >= 15 is 0 Å². The Bertz CT molecular complexity index is 852. The summed E-state index contributed by atoms with van der Waals surface area (Å²) in [6.45, 7) is 0.193. The summed E-state index contributed by atoms with van der Waals surface area (Å²) in [5.74, 6) is -0.914. The average molecular weight is 306 g/mol. The van der Waals surface area contributed by atoms with Crippen LogP contribution in [0.4, 0.5) is 0 Å². The van der Waals surface area contributed by atoms with E-state index in [0.717, 1.165) is 34.7 Å². The van der Waals surface area contributed by atoms with Gasteiger partial charge < -0.3 is 10.2 Å². The molecule has 0 aromatic heterocycles. The Balaban J connectivity index is 2.00. The minimum absolute atomic E-state index is 0.193. The predicted molar refractivity (Wildman–Crippen MR) is 91.8 cm³/mol. The van der Waals surface area contributed by atoms with E-state index in [1.54, 1.807) is 12.1 Å². The number of carbonyl (C=O) groups is 1. The fourth-order valence-electron chi connectivity index (χ4n) is 2.75. The molecule has 3 nitrogen and oxygen atoms in total. The van der Waals surface area contributed by atoms with Crippen LogP contribution in [0.1, 0.15) is 22.3 Å². The van der Waals surface area contributed by atoms with Crippen LogP contribution in [0.25, 0.3) is 21.9 Å². The number of aromatic carboxylic acids is 1. The Morgan fingerprint density at radius 3 is 2.43 bits per heavy atom. The number of rotatable bonds is 5. The maximum Gasteiger partial charge on any atom is 0.335 e. The van der Waals surface area contributed by atoms with Crippen LogP contribution in [0.15, 0.2) is 60.7 Å². The van der Waals surface area contributed by atoms with Gasteiger partial charge in [-0.2, -0.15) is 0 Å². The molecule has 116 valence electrons. The van der Waals surface area contributed by atoms with E-state index < -0.39 is 5.97 Å². The molecular weight excluding hydrogens is 288 g/mol. The van der Waals surface area contributed by atoms with Crippen LogP contribution < -0.4 is 0 Å². The maximum absolute atomic E-state index is 11.1. The number of hydrogen-bond acceptors (Lipinski definition) is 2. The van der Waals surface area contributed by atoms with E-state index in [-0.39, 0.29) is 6.61 Å². The molecule has 0 unspecified atom stereocenters. The first-order valence-electron chi connectivity index (χ1n) is 7.64. The molecule has 0 spiro atoms. The van der Waals surface area contributed by atoms with Crippen molar-refractivity contribution in [1.29, 1.82) is 0 Å². The Morgan fingerprint density at radius 2 is 1.65 bits per heavy atom. The van der Waals surface area contributed by atoms with Crippen molar-refractivity contribution >= 4 is 16.7 Å². The first kappa shape index (κ1) is 15.3. The van der Waals surface area contributed by atoms with Gasteiger partial charge in [0.2, 0.25) is 0 Å². The van der Waals surface area contributed by atoms with Crippen LogP contribution in [0.2, 0.25) is 0 Å². The van der Waals surface area contributed by atoms with E-state index in [0.29, 0.717) is 5.56 Å². The molecule has 3 aromatic carbocycles. The summed E-state index contributed by atoms with van der Waals surface area (Å²) in [6.07, 6.45) is 1.60. The standard InChI is InChI=1S/C20H18O3/c21-10-2-4-14-3-1-5-16(11-14)17-8-6-15-7-9-18(20(22)23)13-19(15)12-17/h1,3,5-9,11-13,21H,2,4,10H2,(H,22,23). The Hall–Kier alpha value is -2.65. The predicted octanol–water partition coefficient (Wildman–Crippen LogP) is 4.13. The number of carboxylic acids is 1. The molecule has 0 bridgehead atoms. The minimum Gasteiger partial charge on any atom is -0.478 e. The van der Waals surface area contributed by atoms with E-state index in [4.69, 9.17) is 10.2 Å². The number of carboxylic acid groups (broad SMARTS) is 1. The summed E-state index contributed by atoms with van der Waals surface area (Å²) in [5, 5.41) is 20.0. The smallest absolute Gasteiger partial charge is 0.335 e. The monoisotopic (exact) mass is 306 g/mol. The van der Waals surface area contributed by atoms with E-state index in [1.807, 2.05) is 36.4 Å². The number of aliphatic hydroxyl groups excluding tert-OH is 1. The molecule has 0 amide bonds. The SMILES string of the molecule is O=C(O)c1ccc2ccc(-c3cccc(CCCO)c3)cc2c1. The third-order valence-electron chi connectivity index (χ3n) is 3.97. The normalized spacial score (nSPS) is 10.8. The maximum atomic E-state index is 11.1. The summed E-state index contributed by atoms with van der Waals surface area (Å²) in [7, 11) is 0. The van der Waals surface area contributed by atoms with Crippen LogP contribution in [0.5, 0.6) is 0 Å². The zero-order valence-electron chi connectivity index (χ0n) is 12.7. The average Bonchev–Trinajstić information content (AvgIpc) is 2.59. The number of aryl methyl sites for hydroxylation is 1. The summed E-state index contributed by atoms with van der Waals surface area (Å²) >= 11 is 0. The Kier molecular flexibility index (Phi) is 4.40. The Morgan fingerprint density at radius 1 is 0.870 bits per heavy atom. The molecule has 23 heavy (non-hydrogen) atoms. The molecule has 3 rings (SSSR count). The van der Waals surface area contributed by atoms with Gasteiger partial charge in [-0.05, 0) is 58.5 Å². The fourth-order valence-corrected chi connectivity index (χ4v) is 2.75. The van der Waals surface area contributed by atoms with Crippen molar-refractivity contribution in [3.05, 3.63) is 71.8 Å². The van der Waals surface area contributed by atoms with Gasteiger partial charge in [-0.1, -0.05) is 42.5 Å². The summed E-state index contributed by atoms with van der Waals surface area (Å²) in [5.41, 5.74) is 3.65. The summed E-state index contributed by atoms with van der Waals surface area (Å²) in [6, 6.07) is 19.5. The number of aliphatic hydroxyl groups is 1. The second-order valence-corrected chi connectivity index (χ2v) is 5.61. The van der Waals surface area contributed by atoms with E-state index in [9.17, 15) is 4.79 Å². The van der Waals surface area contributed by atoms with E-state index in [1.165, 1.54) is 5.56 Å². The highest BCUT2D eigenvalue weighted by Crippen LogP contribution is 2.26. The van der Waals surface area contributed by atoms with Crippen molar-refractivity contribution in [3.63, 3.8) is 0 Å². The van der Waals surface area contributed by atoms with Crippen molar-refractivity contribution in [2.45, 2.75) is 12.8 Å². The number of hydrogen-bond donors (Lipinski definition) is 2. The highest BCUT2D eigenvalue weighted by atomic mass is 16.4. The largest absolute Gasteiger partial charge is 0.478 e. The third-order valence-corrected chi connectivity index (χ3v) is 3.97. The zero-order valence-corrected chi connectivity index (χ0v) is 12.7. The van der Waals surface area contributed by atoms with Crippen molar-refractivity contribution < 1.29 is 15.0 Å². The molecule has 0 saturated carbocycles. The lowest BCUT2D eigenvalue weighted by molar-refractivity contribution is 0.0697. The molecule has 0 aliphatic heterocycles. The van der Waals surface area contributed by atoms with Gasteiger partial charge in [0.15, 0.2) is 0 Å². The highest BCUT2D eigenvalue weighted by molar-refractivity contribution is 5.95. The fraction of sp³-hybridized carbons (Fsp3) is 0.150. The lowest BCUT2D eigenvalue weighted by atomic mass is 9.98. The topological polar surface area (TPSA) is 57.5 Å². The Labute approximate surface area is 134 Å². The van der Waals surface area contributed by atoms with Gasteiger partial charge in [0.25, 0.3) is 0 Å². The highest BCUT2D eigenvalue weighted by Gasteiger charge is 2.05. The van der Waals surface area contributed by atoms with Gasteiger partial charge in [0.1, 0.15) is 0 Å². The lowest BCUT2D eigenvalue weighted by Crippen LogP contribution is -1.95. The first-order chi connectivity index (χ1) is 11.2. The molecule has 0 fully saturated rings. The quantitative estimate of drug-likeness (QED) is 0.745. The summed E-state index contributed by atoms with van der Waals surface area (Å²) in [4.78, 5) is 11.1. The van der Waals surface area contributed by atoms with Crippen molar-refractivity contribution in [1.82, 2.24) is 0 Å². The van der Waals surface area contributed by atoms with Crippen molar-refractivity contribution in [3.8, 4) is 11.1 Å². The molecule has 2 N–H and O–H groups in total. The van der Waals surface area contributed by atoms with Crippen molar-refractivity contribution in [2.24, 2.45) is 0 Å². The van der Waals surface area contributed by atoms with Crippen LogP contribution in [-0.2, 0) is 6.42 Å². The lowest BCUT2D eigenvalue weighted by Gasteiger charge is -2.07. The van der Waals surface area contributed by atoms with Gasteiger partial charge in [0, 0.05) is 6.61 Å². The van der Waals surface area contributed by atoms with Crippen LogP contribution in [0, 0.1) is 0 Å². The summed E-state index contributed by atoms with van der Waals surface area (Å²) < 4.78 is 0. The molecule has 3 heteroatoms. The van der Waals surface area contributed by atoms with Gasteiger partial charge >= 0.3 is 5.97 Å². The van der Waals surface area contributed by atoms with Crippen molar-refractivity contribution in [2.75, 3.05) is 6.61 Å². The van der Waals surface area contributed by atoms with Crippen LogP contribution in [0.3, 0.4) is 0 Å². The zero-order chi connectivity index (χ0) is 16.2. The van der Waals surface area contributed by atoms with Gasteiger partial charge in [0.05, 0.1) is 5.56 Å². The minimum atomic E-state index is -0.914. The molecule has 3 aromatic rings. The molecule has 0 atom stereocenters. The molecular formula is C20H18O3. The molecule has 0 radical (unpaired) electrons. The van der Waals surface area contributed by atoms with Crippen LogP contribution in [-0.4, -0.2) is 22.8 Å². The second kappa shape index (κ2) is 6.63. The van der Waals surface area contributed by atoms with Gasteiger partial charge in [-0.3, -0.25) is 0 Å². The van der Waals surface area contributed by atoms with E-state index in [2.05, 4.69) is 12.1 Å². The van der Waals surface area contributed by atoms with Gasteiger partial charge in [-0.15, -0.1) is 0 Å². The van der Waals surface area contributed by atoms with Crippen LogP contribution >= 0.6 is 0 Å². The number of fused-ring (bicyclic) bond motifs is 1. The first-order valence-corrected chi connectivity index (χ1v) is 7.64. The second-order valence-electron chi connectivity index (χ2n) is 5.61. The van der Waals surface area contributed by atoms with Gasteiger partial charge in [-0.25, -0.2) is 4.79 Å². The molecule has 0 aliphatic carbocycles. The molecule has 0 heterocycles. The molecule has 0 aliphatic rings.